The van der Waals surface area contributed by atoms with Gasteiger partial charge in [-0.05, 0) is 24.6 Å². The number of nitrogens with one attached hydrogen (secondary N) is 1. The van der Waals surface area contributed by atoms with Crippen molar-refractivity contribution in [2.45, 2.75) is 6.92 Å². The van der Waals surface area contributed by atoms with E-state index in [9.17, 15) is 13.2 Å². The molecule has 0 atom stereocenters. The highest BCUT2D eigenvalue weighted by Gasteiger charge is 2.10. The van der Waals surface area contributed by atoms with Gasteiger partial charge in [0.25, 0.3) is 5.56 Å². The van der Waals surface area contributed by atoms with E-state index in [0.717, 1.165) is 17.5 Å². The highest BCUT2D eigenvalue weighted by Crippen LogP contribution is 2.25. The van der Waals surface area contributed by atoms with Crippen molar-refractivity contribution in [3.05, 3.63) is 51.8 Å². The molecule has 0 spiro atoms. The average molecular weight is 335 g/mol. The van der Waals surface area contributed by atoms with Crippen molar-refractivity contribution in [3.63, 3.8) is 0 Å². The van der Waals surface area contributed by atoms with E-state index in [0.29, 0.717) is 16.3 Å². The molecule has 2 aromatic heterocycles. The third-order valence-electron chi connectivity index (χ3n) is 3.02. The van der Waals surface area contributed by atoms with Crippen LogP contribution in [0.3, 0.4) is 0 Å². The Bertz CT molecular complexity index is 1000. The van der Waals surface area contributed by atoms with Gasteiger partial charge < -0.3 is 0 Å². The summed E-state index contributed by atoms with van der Waals surface area (Å²) in [5, 5.41) is 1.86. The summed E-state index contributed by atoms with van der Waals surface area (Å²) >= 11 is 1.39. The van der Waals surface area contributed by atoms with E-state index in [1.54, 1.807) is 35.6 Å². The summed E-state index contributed by atoms with van der Waals surface area (Å²) in [5.74, 6) is 0. The van der Waals surface area contributed by atoms with Crippen molar-refractivity contribution in [1.29, 1.82) is 0 Å². The summed E-state index contributed by atoms with van der Waals surface area (Å²) in [6, 6.07) is 8.34. The largest absolute Gasteiger partial charge is 0.284 e. The Hall–Kier alpha value is -2.19. The first-order valence-electron chi connectivity index (χ1n) is 6.40. The molecule has 0 radical (unpaired) electrons. The Morgan fingerprint density at radius 1 is 1.23 bits per heavy atom. The number of hydrogen-bond donors (Lipinski definition) is 1. The van der Waals surface area contributed by atoms with Crippen molar-refractivity contribution in [2.75, 3.05) is 11.0 Å². The summed E-state index contributed by atoms with van der Waals surface area (Å²) in [6.07, 6.45) is 1.10. The molecule has 0 saturated heterocycles. The average Bonchev–Trinajstić information content (AvgIpc) is 2.81. The summed E-state index contributed by atoms with van der Waals surface area (Å²) in [5.41, 5.74) is 2.59. The second-order valence-electron chi connectivity index (χ2n) is 4.93. The van der Waals surface area contributed by atoms with Gasteiger partial charge in [-0.25, -0.2) is 13.4 Å². The van der Waals surface area contributed by atoms with E-state index >= 15 is 0 Å². The first-order valence-corrected chi connectivity index (χ1v) is 9.17. The van der Waals surface area contributed by atoms with E-state index in [1.807, 2.05) is 5.38 Å². The van der Waals surface area contributed by atoms with Crippen molar-refractivity contribution >= 4 is 32.0 Å². The van der Waals surface area contributed by atoms with Gasteiger partial charge in [0.2, 0.25) is 10.0 Å². The lowest BCUT2D eigenvalue weighted by Gasteiger charge is -2.05. The van der Waals surface area contributed by atoms with Crippen molar-refractivity contribution in [3.8, 4) is 11.3 Å². The lowest BCUT2D eigenvalue weighted by Crippen LogP contribution is -2.13. The van der Waals surface area contributed by atoms with E-state index in [2.05, 4.69) is 9.71 Å². The number of aryl methyl sites for hydroxylation is 1. The summed E-state index contributed by atoms with van der Waals surface area (Å²) in [4.78, 5) is 17.1. The number of thiazole rings is 1. The SMILES string of the molecule is Cc1cc(=O)n2c(-c3ccc(NS(C)(=O)=O)cc3)csc2n1. The van der Waals surface area contributed by atoms with Gasteiger partial charge in [-0.3, -0.25) is 13.9 Å². The lowest BCUT2D eigenvalue weighted by atomic mass is 10.1. The maximum atomic E-state index is 12.1. The highest BCUT2D eigenvalue weighted by molar-refractivity contribution is 7.92. The fraction of sp³-hybridized carbons (Fsp3) is 0.143. The topological polar surface area (TPSA) is 80.5 Å². The predicted molar refractivity (Wildman–Crippen MR) is 88.0 cm³/mol. The number of aromatic nitrogens is 2. The number of benzene rings is 1. The van der Waals surface area contributed by atoms with Gasteiger partial charge in [-0.1, -0.05) is 12.1 Å². The molecule has 1 aromatic carbocycles. The summed E-state index contributed by atoms with van der Waals surface area (Å²) in [6.45, 7) is 1.78. The van der Waals surface area contributed by atoms with Crippen LogP contribution < -0.4 is 10.3 Å². The minimum atomic E-state index is -3.30. The van der Waals surface area contributed by atoms with Gasteiger partial charge in [0.15, 0.2) is 4.96 Å². The Balaban J connectivity index is 2.07. The number of anilines is 1. The third kappa shape index (κ3) is 2.88. The number of hydrogen-bond acceptors (Lipinski definition) is 5. The van der Waals surface area contributed by atoms with Crippen molar-refractivity contribution in [2.24, 2.45) is 0 Å². The molecule has 6 nitrogen and oxygen atoms in total. The van der Waals surface area contributed by atoms with Gasteiger partial charge >= 0.3 is 0 Å². The van der Waals surface area contributed by atoms with Crippen LogP contribution in [0.25, 0.3) is 16.2 Å². The Morgan fingerprint density at radius 3 is 2.55 bits per heavy atom. The first-order chi connectivity index (χ1) is 10.3. The van der Waals surface area contributed by atoms with Gasteiger partial charge in [0.05, 0.1) is 11.9 Å². The van der Waals surface area contributed by atoms with Gasteiger partial charge in [-0.2, -0.15) is 0 Å². The van der Waals surface area contributed by atoms with Crippen LogP contribution in [-0.2, 0) is 10.0 Å². The third-order valence-corrected chi connectivity index (χ3v) is 4.45. The van der Waals surface area contributed by atoms with E-state index < -0.39 is 10.0 Å². The number of fused-ring (bicyclic) bond motifs is 1. The Morgan fingerprint density at radius 2 is 1.91 bits per heavy atom. The van der Waals surface area contributed by atoms with Gasteiger partial charge in [0.1, 0.15) is 0 Å². The van der Waals surface area contributed by atoms with Crippen molar-refractivity contribution in [1.82, 2.24) is 9.38 Å². The van der Waals surface area contributed by atoms with Crippen LogP contribution in [0.15, 0.2) is 40.5 Å². The summed E-state index contributed by atoms with van der Waals surface area (Å²) in [7, 11) is -3.30. The molecule has 1 N–H and O–H groups in total. The minimum Gasteiger partial charge on any atom is -0.284 e. The molecule has 0 unspecified atom stereocenters. The molecule has 0 saturated carbocycles. The second-order valence-corrected chi connectivity index (χ2v) is 7.51. The number of rotatable bonds is 3. The second kappa shape index (κ2) is 5.22. The molecule has 0 aliphatic heterocycles. The van der Waals surface area contributed by atoms with Crippen molar-refractivity contribution < 1.29 is 8.42 Å². The van der Waals surface area contributed by atoms with E-state index in [4.69, 9.17) is 0 Å². The highest BCUT2D eigenvalue weighted by atomic mass is 32.2. The molecule has 22 heavy (non-hydrogen) atoms. The molecule has 3 rings (SSSR count). The zero-order valence-electron chi connectivity index (χ0n) is 11.9. The van der Waals surface area contributed by atoms with E-state index in [1.165, 1.54) is 17.4 Å². The predicted octanol–water partition coefficient (Wildman–Crippen LogP) is 2.10. The molecule has 0 fully saturated rings. The quantitative estimate of drug-likeness (QED) is 0.795. The number of sulfonamides is 1. The maximum absolute atomic E-state index is 12.1. The van der Waals surface area contributed by atoms with E-state index in [-0.39, 0.29) is 5.56 Å². The smallest absolute Gasteiger partial charge is 0.259 e. The van der Waals surface area contributed by atoms with Gasteiger partial charge in [-0.15, -0.1) is 11.3 Å². The first kappa shape index (κ1) is 14.7. The lowest BCUT2D eigenvalue weighted by molar-refractivity contribution is 0.607. The van der Waals surface area contributed by atoms with Crippen LogP contribution in [0.1, 0.15) is 5.69 Å². The molecule has 0 bridgehead atoms. The van der Waals surface area contributed by atoms with Crippen LogP contribution in [0.4, 0.5) is 5.69 Å². The zero-order valence-corrected chi connectivity index (χ0v) is 13.5. The van der Waals surface area contributed by atoms with Crippen LogP contribution in [0, 0.1) is 6.92 Å². The van der Waals surface area contributed by atoms with Crippen LogP contribution >= 0.6 is 11.3 Å². The maximum Gasteiger partial charge on any atom is 0.259 e. The standard InChI is InChI=1S/C14H13N3O3S2/c1-9-7-13(18)17-12(8-21-14(17)15-9)10-3-5-11(6-4-10)16-22(2,19)20/h3-8,16H,1-2H3. The summed E-state index contributed by atoms with van der Waals surface area (Å²) < 4.78 is 26.4. The van der Waals surface area contributed by atoms with Crippen LogP contribution in [0.5, 0.6) is 0 Å². The number of nitrogens with zero attached hydrogens (tertiary/aromatic N) is 2. The minimum absolute atomic E-state index is 0.128. The molecule has 114 valence electrons. The molecule has 0 amide bonds. The molecular formula is C14H13N3O3S2. The fourth-order valence-electron chi connectivity index (χ4n) is 2.15. The van der Waals surface area contributed by atoms with Crippen LogP contribution in [-0.4, -0.2) is 24.1 Å². The molecule has 2 heterocycles. The van der Waals surface area contributed by atoms with Gasteiger partial charge in [0, 0.05) is 22.8 Å². The Labute approximate surface area is 131 Å². The molecule has 3 aromatic rings. The fourth-order valence-corrected chi connectivity index (χ4v) is 3.67. The van der Waals surface area contributed by atoms with Crippen LogP contribution in [0.2, 0.25) is 0 Å². The zero-order chi connectivity index (χ0) is 15.9. The monoisotopic (exact) mass is 335 g/mol. The Kier molecular flexibility index (Phi) is 3.50. The molecular weight excluding hydrogens is 322 g/mol. The normalized spacial score (nSPS) is 11.7. The molecule has 0 aliphatic carbocycles. The molecule has 0 aliphatic rings. The molecule has 8 heteroatoms.